The molecule has 8 atom stereocenters. The van der Waals surface area contributed by atoms with Crippen molar-refractivity contribution in [1.82, 2.24) is 4.98 Å². The van der Waals surface area contributed by atoms with Gasteiger partial charge in [0.2, 0.25) is 0 Å². The summed E-state index contributed by atoms with van der Waals surface area (Å²) >= 11 is 0. The first-order valence-electron chi connectivity index (χ1n) is 11.0. The highest BCUT2D eigenvalue weighted by Crippen LogP contribution is 2.64. The lowest BCUT2D eigenvalue weighted by Crippen LogP contribution is -2.68. The van der Waals surface area contributed by atoms with Crippen LogP contribution in [0.5, 0.6) is 5.75 Å². The summed E-state index contributed by atoms with van der Waals surface area (Å²) in [6, 6.07) is 5.12. The second kappa shape index (κ2) is 6.89. The standard InChI is InChI=1S/C24H29NO6/c1-12-14-9-18(27)24(3)21(23(14,2)7-6-15(12)26)20(28)19-17(31-24)10-16(30-22(19)29)13-5-4-8-25-11-13/h4-5,8,10-12,14-15,18,20-21,26-28H,6-7,9H2,1-3H3/t12?,14?,15-,18-,20-,21?,23-,24+/m0/s1. The number of hydrogen-bond donors (Lipinski definition) is 3. The molecule has 1 aliphatic heterocycles. The van der Waals surface area contributed by atoms with Gasteiger partial charge in [0.15, 0.2) is 0 Å². The summed E-state index contributed by atoms with van der Waals surface area (Å²) in [5.74, 6) is 0.0198. The molecule has 3 unspecified atom stereocenters. The van der Waals surface area contributed by atoms with Crippen LogP contribution in [0.3, 0.4) is 0 Å². The van der Waals surface area contributed by atoms with Crippen LogP contribution in [0.1, 0.15) is 51.7 Å². The van der Waals surface area contributed by atoms with E-state index in [1.807, 2.05) is 13.8 Å². The molecule has 7 nitrogen and oxygen atoms in total. The molecule has 0 aromatic carbocycles. The predicted octanol–water partition coefficient (Wildman–Crippen LogP) is 2.68. The molecular formula is C24H29NO6. The molecule has 2 aliphatic carbocycles. The fourth-order valence-corrected chi connectivity index (χ4v) is 6.68. The molecule has 2 saturated carbocycles. The van der Waals surface area contributed by atoms with Crippen LogP contribution in [0.2, 0.25) is 0 Å². The molecule has 2 aromatic rings. The minimum absolute atomic E-state index is 0.00540. The van der Waals surface area contributed by atoms with Gasteiger partial charge in [-0.3, -0.25) is 4.98 Å². The van der Waals surface area contributed by atoms with E-state index < -0.39 is 40.9 Å². The van der Waals surface area contributed by atoms with Crippen molar-refractivity contribution in [2.45, 2.75) is 63.9 Å². The van der Waals surface area contributed by atoms with Crippen LogP contribution in [-0.4, -0.2) is 38.1 Å². The van der Waals surface area contributed by atoms with Gasteiger partial charge in [0.05, 0.1) is 18.3 Å². The Morgan fingerprint density at radius 2 is 2.00 bits per heavy atom. The predicted molar refractivity (Wildman–Crippen MR) is 112 cm³/mol. The zero-order valence-electron chi connectivity index (χ0n) is 18.0. The van der Waals surface area contributed by atoms with E-state index in [0.29, 0.717) is 30.6 Å². The topological polar surface area (TPSA) is 113 Å². The van der Waals surface area contributed by atoms with Gasteiger partial charge < -0.3 is 24.5 Å². The number of nitrogens with zero attached hydrogens (tertiary/aromatic N) is 1. The largest absolute Gasteiger partial charge is 0.484 e. The van der Waals surface area contributed by atoms with E-state index in [0.717, 1.165) is 0 Å². The first kappa shape index (κ1) is 20.7. The second-order valence-electron chi connectivity index (χ2n) is 9.96. The smallest absolute Gasteiger partial charge is 0.345 e. The third kappa shape index (κ3) is 2.83. The van der Waals surface area contributed by atoms with Crippen LogP contribution in [-0.2, 0) is 0 Å². The minimum atomic E-state index is -1.14. The van der Waals surface area contributed by atoms with Crippen molar-refractivity contribution >= 4 is 0 Å². The van der Waals surface area contributed by atoms with E-state index in [4.69, 9.17) is 9.15 Å². The zero-order chi connectivity index (χ0) is 22.1. The van der Waals surface area contributed by atoms with Crippen LogP contribution < -0.4 is 10.4 Å². The number of ether oxygens (including phenoxy) is 1. The van der Waals surface area contributed by atoms with E-state index in [-0.39, 0.29) is 23.1 Å². The first-order chi connectivity index (χ1) is 14.7. The molecular weight excluding hydrogens is 398 g/mol. The van der Waals surface area contributed by atoms with E-state index >= 15 is 0 Å². The molecule has 7 heteroatoms. The number of aliphatic hydroxyl groups excluding tert-OH is 3. The summed E-state index contributed by atoms with van der Waals surface area (Å²) in [4.78, 5) is 17.0. The maximum atomic E-state index is 13.0. The van der Waals surface area contributed by atoms with Gasteiger partial charge in [0.25, 0.3) is 0 Å². The van der Waals surface area contributed by atoms with Crippen LogP contribution >= 0.6 is 0 Å². The highest BCUT2D eigenvalue weighted by molar-refractivity contribution is 5.59. The molecule has 3 heterocycles. The Kier molecular flexibility index (Phi) is 4.59. The van der Waals surface area contributed by atoms with Crippen LogP contribution in [0, 0.1) is 23.2 Å². The van der Waals surface area contributed by atoms with E-state index in [9.17, 15) is 20.1 Å². The van der Waals surface area contributed by atoms with Crippen molar-refractivity contribution in [2.24, 2.45) is 23.2 Å². The summed E-state index contributed by atoms with van der Waals surface area (Å²) in [5, 5.41) is 33.1. The van der Waals surface area contributed by atoms with Gasteiger partial charge in [-0.15, -0.1) is 0 Å². The van der Waals surface area contributed by atoms with E-state index in [1.165, 1.54) is 0 Å². The van der Waals surface area contributed by atoms with Gasteiger partial charge in [-0.1, -0.05) is 13.8 Å². The molecule has 3 N–H and O–H groups in total. The number of fused-ring (bicyclic) bond motifs is 4. The summed E-state index contributed by atoms with van der Waals surface area (Å²) in [5.41, 5.74) is -1.39. The number of rotatable bonds is 1. The van der Waals surface area contributed by atoms with Crippen molar-refractivity contribution in [1.29, 1.82) is 0 Å². The van der Waals surface area contributed by atoms with Gasteiger partial charge >= 0.3 is 5.63 Å². The maximum absolute atomic E-state index is 13.0. The molecule has 0 radical (unpaired) electrons. The average molecular weight is 427 g/mol. The van der Waals surface area contributed by atoms with Crippen molar-refractivity contribution in [3.05, 3.63) is 46.6 Å². The maximum Gasteiger partial charge on any atom is 0.345 e. The Balaban J connectivity index is 1.64. The molecule has 3 aliphatic rings. The third-order valence-electron chi connectivity index (χ3n) is 8.37. The van der Waals surface area contributed by atoms with Crippen LogP contribution in [0.15, 0.2) is 39.8 Å². The van der Waals surface area contributed by atoms with E-state index in [2.05, 4.69) is 11.9 Å². The number of pyridine rings is 1. The summed E-state index contributed by atoms with van der Waals surface area (Å²) in [7, 11) is 0. The lowest BCUT2D eigenvalue weighted by atomic mass is 9.46. The molecule has 2 aromatic heterocycles. The number of aliphatic hydroxyl groups is 3. The van der Waals surface area contributed by atoms with Gasteiger partial charge in [-0.2, -0.15) is 0 Å². The fraction of sp³-hybridized carbons (Fsp3) is 0.583. The Morgan fingerprint density at radius 1 is 1.23 bits per heavy atom. The molecule has 166 valence electrons. The lowest BCUT2D eigenvalue weighted by Gasteiger charge is -2.63. The van der Waals surface area contributed by atoms with E-state index in [1.54, 1.807) is 30.6 Å². The minimum Gasteiger partial charge on any atom is -0.484 e. The lowest BCUT2D eigenvalue weighted by molar-refractivity contribution is -0.242. The molecule has 0 spiro atoms. The normalized spacial score (nSPS) is 41.5. The Labute approximate surface area is 180 Å². The number of hydrogen-bond acceptors (Lipinski definition) is 7. The monoisotopic (exact) mass is 427 g/mol. The second-order valence-corrected chi connectivity index (χ2v) is 9.96. The Bertz CT molecular complexity index is 1050. The van der Waals surface area contributed by atoms with Crippen LogP contribution in [0.25, 0.3) is 11.3 Å². The van der Waals surface area contributed by atoms with Gasteiger partial charge in [-0.25, -0.2) is 4.79 Å². The van der Waals surface area contributed by atoms with Crippen LogP contribution in [0.4, 0.5) is 0 Å². The molecule has 31 heavy (non-hydrogen) atoms. The van der Waals surface area contributed by atoms with Crippen molar-refractivity contribution in [3.63, 3.8) is 0 Å². The van der Waals surface area contributed by atoms with Gasteiger partial charge in [0.1, 0.15) is 22.7 Å². The van der Waals surface area contributed by atoms with Gasteiger partial charge in [0, 0.05) is 29.9 Å². The highest BCUT2D eigenvalue weighted by Gasteiger charge is 2.66. The molecule has 0 amide bonds. The first-order valence-corrected chi connectivity index (χ1v) is 11.0. The fourth-order valence-electron chi connectivity index (χ4n) is 6.68. The number of aromatic nitrogens is 1. The summed E-state index contributed by atoms with van der Waals surface area (Å²) in [6.45, 7) is 5.92. The third-order valence-corrected chi connectivity index (χ3v) is 8.37. The Morgan fingerprint density at radius 3 is 2.71 bits per heavy atom. The van der Waals surface area contributed by atoms with Crippen molar-refractivity contribution < 1.29 is 24.5 Å². The molecule has 2 fully saturated rings. The summed E-state index contributed by atoms with van der Waals surface area (Å²) < 4.78 is 11.9. The Hall–Kier alpha value is -2.22. The van der Waals surface area contributed by atoms with Crippen molar-refractivity contribution in [3.8, 4) is 17.1 Å². The van der Waals surface area contributed by atoms with Gasteiger partial charge in [-0.05, 0) is 55.6 Å². The molecule has 0 bridgehead atoms. The SMILES string of the molecule is CC1C2C[C@H](O)[C@@]3(C)Oc4cc(-c5cccnc5)oc(=O)c4[C@H](O)C3[C@@]2(C)CC[C@@H]1O. The quantitative estimate of drug-likeness (QED) is 0.641. The highest BCUT2D eigenvalue weighted by atomic mass is 16.5. The van der Waals surface area contributed by atoms with Crippen molar-refractivity contribution in [2.75, 3.05) is 0 Å². The zero-order valence-corrected chi connectivity index (χ0v) is 18.0. The molecule has 0 saturated heterocycles. The summed E-state index contributed by atoms with van der Waals surface area (Å²) in [6.07, 6.45) is 2.57. The average Bonchev–Trinajstić information content (AvgIpc) is 2.73. The molecule has 5 rings (SSSR count).